The van der Waals surface area contributed by atoms with Crippen LogP contribution in [0.1, 0.15) is 60.3 Å². The van der Waals surface area contributed by atoms with Crippen molar-refractivity contribution in [3.05, 3.63) is 46.4 Å². The van der Waals surface area contributed by atoms with Crippen LogP contribution in [0.25, 0.3) is 4.85 Å². The average molecular weight is 349 g/mol. The minimum atomic E-state index is -0.410. The molecule has 0 fully saturated rings. The Morgan fingerprint density at radius 2 is 1.62 bits per heavy atom. The summed E-state index contributed by atoms with van der Waals surface area (Å²) in [5.41, 5.74) is 4.23. The second kappa shape index (κ2) is 13.9. The third kappa shape index (κ3) is 14.1. The summed E-state index contributed by atoms with van der Waals surface area (Å²) >= 11 is 1.68. The lowest BCUT2D eigenvalue weighted by molar-refractivity contribution is -0.119. The molecule has 0 aromatic rings. The van der Waals surface area contributed by atoms with Crippen LogP contribution in [0.3, 0.4) is 0 Å². The Morgan fingerprint density at radius 3 is 2.17 bits per heavy atom. The van der Waals surface area contributed by atoms with Crippen molar-refractivity contribution in [3.63, 3.8) is 0 Å². The van der Waals surface area contributed by atoms with Gasteiger partial charge in [-0.1, -0.05) is 34.9 Å². The maximum Gasteiger partial charge on any atom is 0.307 e. The number of carbonyl (C=O) groups excluding carboxylic acids is 1. The Kier molecular flexibility index (Phi) is 13.1. The lowest BCUT2D eigenvalue weighted by atomic mass is 10.1. The zero-order chi connectivity index (χ0) is 18.4. The number of amides is 1. The van der Waals surface area contributed by atoms with Gasteiger partial charge in [-0.15, -0.1) is 11.8 Å². The average Bonchev–Trinajstić information content (AvgIpc) is 2.49. The standard InChI is InChI=1S/C20H32N2OS/c1-16(2)9-7-10-17(3)11-8-12-18(4)13-14-24-15-20(21-6)22-19(5)23/h9,11,13,20H,7-8,10,12,14-15H2,1-5H3,(H,22,23)/b17-11+,18-13+. The zero-order valence-electron chi connectivity index (χ0n) is 15.8. The van der Waals surface area contributed by atoms with E-state index in [0.29, 0.717) is 5.75 Å². The SMILES string of the molecule is [C-]#[N+]C(CSC/C=C(\C)CC/C=C(\C)CCC=C(C)C)NC(C)=O. The molecule has 1 N–H and O–H groups in total. The molecule has 0 aromatic carbocycles. The summed E-state index contributed by atoms with van der Waals surface area (Å²) < 4.78 is 0. The lowest BCUT2D eigenvalue weighted by Gasteiger charge is -2.05. The summed E-state index contributed by atoms with van der Waals surface area (Å²) in [4.78, 5) is 14.4. The first kappa shape index (κ1) is 22.5. The van der Waals surface area contributed by atoms with E-state index in [-0.39, 0.29) is 5.91 Å². The number of rotatable bonds is 11. The van der Waals surface area contributed by atoms with E-state index in [0.717, 1.165) is 31.4 Å². The van der Waals surface area contributed by atoms with E-state index < -0.39 is 6.17 Å². The topological polar surface area (TPSA) is 33.5 Å². The number of hydrogen-bond acceptors (Lipinski definition) is 2. The summed E-state index contributed by atoms with van der Waals surface area (Å²) in [6, 6.07) is 0. The molecule has 134 valence electrons. The Balaban J connectivity index is 3.97. The van der Waals surface area contributed by atoms with Gasteiger partial charge in [0.05, 0.1) is 5.75 Å². The molecular formula is C20H32N2OS. The molecule has 0 radical (unpaired) electrons. The molecule has 1 unspecified atom stereocenters. The first-order valence-corrected chi connectivity index (χ1v) is 9.66. The Labute approximate surface area is 152 Å². The zero-order valence-corrected chi connectivity index (χ0v) is 16.6. The predicted octanol–water partition coefficient (Wildman–Crippen LogP) is 5.52. The summed E-state index contributed by atoms with van der Waals surface area (Å²) in [5.74, 6) is 1.38. The summed E-state index contributed by atoms with van der Waals surface area (Å²) in [7, 11) is 0. The highest BCUT2D eigenvalue weighted by Crippen LogP contribution is 2.13. The molecule has 1 atom stereocenters. The van der Waals surface area contributed by atoms with Crippen LogP contribution in [-0.2, 0) is 4.79 Å². The second-order valence-corrected chi connectivity index (χ2v) is 7.42. The number of carbonyl (C=O) groups is 1. The molecule has 3 nitrogen and oxygen atoms in total. The quantitative estimate of drug-likeness (QED) is 0.303. The number of nitrogens with one attached hydrogen (secondary N) is 1. The van der Waals surface area contributed by atoms with Gasteiger partial charge in [0, 0.05) is 12.7 Å². The number of hydrogen-bond donors (Lipinski definition) is 1. The van der Waals surface area contributed by atoms with Crippen molar-refractivity contribution >= 4 is 17.7 Å². The van der Waals surface area contributed by atoms with Gasteiger partial charge in [-0.25, -0.2) is 6.57 Å². The van der Waals surface area contributed by atoms with E-state index in [1.165, 1.54) is 23.6 Å². The van der Waals surface area contributed by atoms with Gasteiger partial charge >= 0.3 is 6.17 Å². The van der Waals surface area contributed by atoms with Gasteiger partial charge in [-0.05, 0) is 53.4 Å². The van der Waals surface area contributed by atoms with E-state index >= 15 is 0 Å². The summed E-state index contributed by atoms with van der Waals surface area (Å²) in [6.07, 6.45) is 10.9. The molecule has 0 bridgehead atoms. The van der Waals surface area contributed by atoms with E-state index in [1.54, 1.807) is 11.8 Å². The highest BCUT2D eigenvalue weighted by atomic mass is 32.2. The van der Waals surface area contributed by atoms with Crippen molar-refractivity contribution in [2.24, 2.45) is 0 Å². The molecule has 4 heteroatoms. The molecule has 0 saturated heterocycles. The molecule has 0 aliphatic rings. The van der Waals surface area contributed by atoms with Crippen LogP contribution in [0.4, 0.5) is 0 Å². The third-order valence-electron chi connectivity index (χ3n) is 3.47. The lowest BCUT2D eigenvalue weighted by Crippen LogP contribution is -2.32. The van der Waals surface area contributed by atoms with E-state index in [9.17, 15) is 4.79 Å². The monoisotopic (exact) mass is 348 g/mol. The van der Waals surface area contributed by atoms with E-state index in [2.05, 4.69) is 56.1 Å². The minimum absolute atomic E-state index is 0.143. The fraction of sp³-hybridized carbons (Fsp3) is 0.600. The van der Waals surface area contributed by atoms with Crippen LogP contribution in [0, 0.1) is 6.57 Å². The molecular weight excluding hydrogens is 316 g/mol. The molecule has 0 aromatic heterocycles. The third-order valence-corrected chi connectivity index (χ3v) is 4.43. The van der Waals surface area contributed by atoms with Gasteiger partial charge in [0.2, 0.25) is 5.91 Å². The summed E-state index contributed by atoms with van der Waals surface area (Å²) in [6.45, 7) is 17.1. The Bertz CT molecular complexity index is 508. The highest BCUT2D eigenvalue weighted by molar-refractivity contribution is 7.99. The first-order chi connectivity index (χ1) is 11.3. The first-order valence-electron chi connectivity index (χ1n) is 8.51. The highest BCUT2D eigenvalue weighted by Gasteiger charge is 2.12. The fourth-order valence-electron chi connectivity index (χ4n) is 2.07. The number of nitrogens with zero attached hydrogens (tertiary/aromatic N) is 1. The van der Waals surface area contributed by atoms with E-state index in [4.69, 9.17) is 6.57 Å². The molecule has 24 heavy (non-hydrogen) atoms. The molecule has 0 aliphatic heterocycles. The molecule has 0 spiro atoms. The maximum atomic E-state index is 10.9. The largest absolute Gasteiger partial charge is 0.307 e. The van der Waals surface area contributed by atoms with E-state index in [1.807, 2.05) is 0 Å². The van der Waals surface area contributed by atoms with Crippen LogP contribution in [0.15, 0.2) is 34.9 Å². The minimum Gasteiger partial charge on any atom is -0.289 e. The van der Waals surface area contributed by atoms with Gasteiger partial charge in [-0.3, -0.25) is 15.0 Å². The van der Waals surface area contributed by atoms with Crippen molar-refractivity contribution in [3.8, 4) is 0 Å². The molecule has 0 aliphatic carbocycles. The van der Waals surface area contributed by atoms with Gasteiger partial charge in [0.25, 0.3) is 0 Å². The molecule has 1 amide bonds. The van der Waals surface area contributed by atoms with Crippen LogP contribution in [0.5, 0.6) is 0 Å². The van der Waals surface area contributed by atoms with Crippen LogP contribution < -0.4 is 5.32 Å². The fourth-order valence-corrected chi connectivity index (χ4v) is 2.99. The maximum absolute atomic E-state index is 10.9. The molecule has 0 rings (SSSR count). The molecule has 0 heterocycles. The van der Waals surface area contributed by atoms with Crippen molar-refractivity contribution in [2.45, 2.75) is 66.5 Å². The van der Waals surface area contributed by atoms with Crippen LogP contribution >= 0.6 is 11.8 Å². The smallest absolute Gasteiger partial charge is 0.289 e. The van der Waals surface area contributed by atoms with Crippen LogP contribution in [-0.4, -0.2) is 23.6 Å². The second-order valence-electron chi connectivity index (χ2n) is 6.34. The van der Waals surface area contributed by atoms with Gasteiger partial charge in [0.1, 0.15) is 0 Å². The van der Waals surface area contributed by atoms with Crippen molar-refractivity contribution < 1.29 is 4.79 Å². The number of allylic oxidation sites excluding steroid dienone is 5. The van der Waals surface area contributed by atoms with Crippen molar-refractivity contribution in [1.82, 2.24) is 5.32 Å². The van der Waals surface area contributed by atoms with Gasteiger partial charge in [-0.2, -0.15) is 0 Å². The molecule has 0 saturated carbocycles. The van der Waals surface area contributed by atoms with Crippen molar-refractivity contribution in [1.29, 1.82) is 0 Å². The Morgan fingerprint density at radius 1 is 1.04 bits per heavy atom. The van der Waals surface area contributed by atoms with Crippen molar-refractivity contribution in [2.75, 3.05) is 11.5 Å². The Hall–Kier alpha value is -1.47. The summed E-state index contributed by atoms with van der Waals surface area (Å²) in [5, 5.41) is 2.64. The van der Waals surface area contributed by atoms with Crippen LogP contribution in [0.2, 0.25) is 0 Å². The van der Waals surface area contributed by atoms with Gasteiger partial charge in [0.15, 0.2) is 0 Å². The predicted molar refractivity (Wildman–Crippen MR) is 107 cm³/mol. The normalized spacial score (nSPS) is 13.2. The van der Waals surface area contributed by atoms with Gasteiger partial charge < -0.3 is 0 Å². The number of thioether (sulfide) groups is 1.